The molecule has 6 nitrogen and oxygen atoms in total. The Labute approximate surface area is 157 Å². The summed E-state index contributed by atoms with van der Waals surface area (Å²) in [5, 5.41) is 2.27. The van der Waals surface area contributed by atoms with Crippen LogP contribution in [-0.4, -0.2) is 30.1 Å². The second kappa shape index (κ2) is 7.95. The number of para-hydroxylation sites is 1. The van der Waals surface area contributed by atoms with Crippen molar-refractivity contribution in [2.75, 3.05) is 11.4 Å². The lowest BCUT2D eigenvalue weighted by Gasteiger charge is -2.31. The average molecular weight is 363 g/mol. The van der Waals surface area contributed by atoms with Gasteiger partial charge in [0.15, 0.2) is 5.92 Å². The lowest BCUT2D eigenvalue weighted by molar-refractivity contribution is -0.131. The summed E-state index contributed by atoms with van der Waals surface area (Å²) in [6, 6.07) is 16.2. The van der Waals surface area contributed by atoms with Gasteiger partial charge in [0.25, 0.3) is 5.91 Å². The molecule has 1 aliphatic heterocycles. The number of carbonyl (C=O) groups is 3. The van der Waals surface area contributed by atoms with Crippen molar-refractivity contribution in [3.05, 3.63) is 65.7 Å². The highest BCUT2D eigenvalue weighted by Gasteiger charge is 2.43. The number of aliphatic imine (C=N–C) groups is 1. The molecular weight excluding hydrogens is 342 g/mol. The van der Waals surface area contributed by atoms with E-state index in [1.165, 1.54) is 0 Å². The molecule has 138 valence electrons. The molecule has 0 bridgehead atoms. The number of carbonyl (C=O) groups excluding carboxylic acids is 3. The van der Waals surface area contributed by atoms with Gasteiger partial charge in [-0.15, -0.1) is 0 Å². The third kappa shape index (κ3) is 3.95. The number of anilines is 1. The predicted octanol–water partition coefficient (Wildman–Crippen LogP) is 2.90. The van der Waals surface area contributed by atoms with E-state index in [4.69, 9.17) is 0 Å². The molecule has 1 atom stereocenters. The van der Waals surface area contributed by atoms with Crippen LogP contribution in [-0.2, 0) is 16.0 Å². The van der Waals surface area contributed by atoms with Gasteiger partial charge in [-0.3, -0.25) is 19.9 Å². The van der Waals surface area contributed by atoms with Crippen LogP contribution in [0.3, 0.4) is 0 Å². The van der Waals surface area contributed by atoms with Crippen LogP contribution in [0.15, 0.2) is 59.6 Å². The van der Waals surface area contributed by atoms with Crippen molar-refractivity contribution in [3.63, 3.8) is 0 Å². The molecular formula is C21H21N3O3. The van der Waals surface area contributed by atoms with E-state index in [1.807, 2.05) is 49.4 Å². The van der Waals surface area contributed by atoms with Gasteiger partial charge in [0.05, 0.1) is 5.69 Å². The highest BCUT2D eigenvalue weighted by atomic mass is 16.2. The van der Waals surface area contributed by atoms with Gasteiger partial charge in [-0.2, -0.15) is 0 Å². The minimum Gasteiger partial charge on any atom is -0.293 e. The van der Waals surface area contributed by atoms with Crippen molar-refractivity contribution < 1.29 is 14.4 Å². The van der Waals surface area contributed by atoms with Crippen LogP contribution in [0.2, 0.25) is 0 Å². The van der Waals surface area contributed by atoms with E-state index in [-0.39, 0.29) is 0 Å². The zero-order valence-corrected chi connectivity index (χ0v) is 15.3. The molecule has 3 rings (SSSR count). The SMILES string of the molecule is CC(=NCCc1ccccc1)[C@H]1C(=O)NC(=O)N(c2ccccc2C)C1=O. The van der Waals surface area contributed by atoms with Crippen molar-refractivity contribution in [1.82, 2.24) is 5.32 Å². The lowest BCUT2D eigenvalue weighted by atomic mass is 9.98. The van der Waals surface area contributed by atoms with Gasteiger partial charge >= 0.3 is 6.03 Å². The predicted molar refractivity (Wildman–Crippen MR) is 104 cm³/mol. The van der Waals surface area contributed by atoms with Gasteiger partial charge in [0.1, 0.15) is 0 Å². The van der Waals surface area contributed by atoms with Gasteiger partial charge in [0, 0.05) is 12.3 Å². The Bertz CT molecular complexity index is 906. The maximum absolute atomic E-state index is 12.9. The van der Waals surface area contributed by atoms with Crippen molar-refractivity contribution in [2.45, 2.75) is 20.3 Å². The summed E-state index contributed by atoms with van der Waals surface area (Å²) < 4.78 is 0. The summed E-state index contributed by atoms with van der Waals surface area (Å²) in [6.07, 6.45) is 0.709. The van der Waals surface area contributed by atoms with E-state index < -0.39 is 23.8 Å². The number of hydrogen-bond acceptors (Lipinski definition) is 4. The molecule has 27 heavy (non-hydrogen) atoms. The summed E-state index contributed by atoms with van der Waals surface area (Å²) in [7, 11) is 0. The van der Waals surface area contributed by atoms with Crippen LogP contribution in [0.1, 0.15) is 18.1 Å². The minimum absolute atomic E-state index is 0.402. The highest BCUT2D eigenvalue weighted by molar-refractivity contribution is 6.35. The first-order chi connectivity index (χ1) is 13.0. The van der Waals surface area contributed by atoms with Crippen LogP contribution in [0.4, 0.5) is 10.5 Å². The number of benzene rings is 2. The summed E-state index contributed by atoms with van der Waals surface area (Å²) in [4.78, 5) is 42.9. The molecule has 0 radical (unpaired) electrons. The van der Waals surface area contributed by atoms with Crippen LogP contribution in [0.25, 0.3) is 0 Å². The third-order valence-electron chi connectivity index (χ3n) is 4.54. The number of hydrogen-bond donors (Lipinski definition) is 1. The number of nitrogens with one attached hydrogen (secondary N) is 1. The summed E-state index contributed by atoms with van der Waals surface area (Å²) in [5.41, 5.74) is 2.77. The topological polar surface area (TPSA) is 78.8 Å². The van der Waals surface area contributed by atoms with E-state index in [9.17, 15) is 14.4 Å². The maximum atomic E-state index is 12.9. The first-order valence-corrected chi connectivity index (χ1v) is 8.78. The molecule has 1 aliphatic rings. The first-order valence-electron chi connectivity index (χ1n) is 8.78. The molecule has 0 unspecified atom stereocenters. The number of aryl methyl sites for hydroxylation is 1. The zero-order chi connectivity index (χ0) is 19.4. The molecule has 0 aromatic heterocycles. The molecule has 1 heterocycles. The fourth-order valence-corrected chi connectivity index (χ4v) is 3.08. The normalized spacial score (nSPS) is 17.9. The van der Waals surface area contributed by atoms with Crippen LogP contribution in [0.5, 0.6) is 0 Å². The Kier molecular flexibility index (Phi) is 5.45. The van der Waals surface area contributed by atoms with E-state index in [1.54, 1.807) is 19.1 Å². The fourth-order valence-electron chi connectivity index (χ4n) is 3.08. The van der Waals surface area contributed by atoms with Crippen LogP contribution in [0, 0.1) is 12.8 Å². The quantitative estimate of drug-likeness (QED) is 0.655. The zero-order valence-electron chi connectivity index (χ0n) is 15.3. The molecule has 0 saturated carbocycles. The largest absolute Gasteiger partial charge is 0.335 e. The Balaban J connectivity index is 1.80. The number of rotatable bonds is 5. The molecule has 0 spiro atoms. The molecule has 2 aromatic carbocycles. The van der Waals surface area contributed by atoms with Crippen molar-refractivity contribution in [3.8, 4) is 0 Å². The van der Waals surface area contributed by atoms with Gasteiger partial charge in [-0.1, -0.05) is 48.5 Å². The summed E-state index contributed by atoms with van der Waals surface area (Å²) >= 11 is 0. The molecule has 4 amide bonds. The van der Waals surface area contributed by atoms with Crippen LogP contribution >= 0.6 is 0 Å². The molecule has 6 heteroatoms. The Morgan fingerprint density at radius 2 is 1.70 bits per heavy atom. The molecule has 2 aromatic rings. The van der Waals surface area contributed by atoms with Crippen molar-refractivity contribution in [1.29, 1.82) is 0 Å². The van der Waals surface area contributed by atoms with Crippen molar-refractivity contribution in [2.24, 2.45) is 10.9 Å². The van der Waals surface area contributed by atoms with Crippen LogP contribution < -0.4 is 10.2 Å². The van der Waals surface area contributed by atoms with E-state index in [2.05, 4.69) is 10.3 Å². The van der Waals surface area contributed by atoms with E-state index in [0.717, 1.165) is 16.0 Å². The van der Waals surface area contributed by atoms with Gasteiger partial charge in [0.2, 0.25) is 5.91 Å². The van der Waals surface area contributed by atoms with Crippen molar-refractivity contribution >= 4 is 29.2 Å². The second-order valence-electron chi connectivity index (χ2n) is 6.45. The fraction of sp³-hybridized carbons (Fsp3) is 0.238. The van der Waals surface area contributed by atoms with Gasteiger partial charge in [-0.05, 0) is 37.5 Å². The number of nitrogens with zero attached hydrogens (tertiary/aromatic N) is 2. The number of amides is 4. The summed E-state index contributed by atoms with van der Waals surface area (Å²) in [5.74, 6) is -2.30. The molecule has 0 aliphatic carbocycles. The van der Waals surface area contributed by atoms with Gasteiger partial charge in [-0.25, -0.2) is 9.69 Å². The highest BCUT2D eigenvalue weighted by Crippen LogP contribution is 2.24. The van der Waals surface area contributed by atoms with Gasteiger partial charge < -0.3 is 0 Å². The number of urea groups is 1. The maximum Gasteiger partial charge on any atom is 0.335 e. The standard InChI is InChI=1S/C21H21N3O3/c1-14-8-6-7-11-17(14)24-20(26)18(19(25)23-21(24)27)15(2)22-13-12-16-9-4-3-5-10-16/h3-11,18H,12-13H2,1-2H3,(H,23,25,27)/t18-/m0/s1. The average Bonchev–Trinajstić information content (AvgIpc) is 2.64. The molecule has 1 N–H and O–H groups in total. The van der Waals surface area contributed by atoms with E-state index in [0.29, 0.717) is 24.4 Å². The lowest BCUT2D eigenvalue weighted by Crippen LogP contribution is -2.60. The molecule has 1 saturated heterocycles. The summed E-state index contributed by atoms with van der Waals surface area (Å²) in [6.45, 7) is 3.92. The third-order valence-corrected chi connectivity index (χ3v) is 4.54. The molecule has 1 fully saturated rings. The first kappa shape index (κ1) is 18.5. The Morgan fingerprint density at radius 3 is 2.41 bits per heavy atom. The monoisotopic (exact) mass is 363 g/mol. The Hall–Kier alpha value is -3.28. The smallest absolute Gasteiger partial charge is 0.293 e. The number of barbiturate groups is 1. The van der Waals surface area contributed by atoms with E-state index >= 15 is 0 Å². The second-order valence-corrected chi connectivity index (χ2v) is 6.45. The number of imide groups is 2. The Morgan fingerprint density at radius 1 is 1.04 bits per heavy atom. The minimum atomic E-state index is -1.10.